The van der Waals surface area contributed by atoms with Crippen LogP contribution < -0.4 is 10.0 Å². The summed E-state index contributed by atoms with van der Waals surface area (Å²) in [4.78, 5) is 2.20. The normalized spacial score (nSPS) is 12.6. The number of sulfonamides is 1. The number of hydrogen-bond donors (Lipinski definition) is 2. The van der Waals surface area contributed by atoms with Gasteiger partial charge < -0.3 is 10.2 Å². The van der Waals surface area contributed by atoms with Crippen LogP contribution in [0.2, 0.25) is 0 Å². The van der Waals surface area contributed by atoms with Crippen molar-refractivity contribution < 1.29 is 8.42 Å². The second-order valence-electron chi connectivity index (χ2n) is 4.70. The Balaban J connectivity index is 3.73. The monoisotopic (exact) mass is 279 g/mol. The lowest BCUT2D eigenvalue weighted by molar-refractivity contribution is 0.309. The summed E-state index contributed by atoms with van der Waals surface area (Å²) in [5.41, 5.74) is 0. The van der Waals surface area contributed by atoms with E-state index in [-0.39, 0.29) is 5.75 Å². The second-order valence-corrected chi connectivity index (χ2v) is 6.63. The van der Waals surface area contributed by atoms with E-state index in [1.54, 1.807) is 0 Å². The summed E-state index contributed by atoms with van der Waals surface area (Å²) >= 11 is 0. The van der Waals surface area contributed by atoms with Crippen LogP contribution in [0.4, 0.5) is 0 Å². The highest BCUT2D eigenvalue weighted by Crippen LogP contribution is 1.91. The molecule has 0 radical (unpaired) electrons. The number of likely N-dealkylation sites (N-methyl/N-ethyl adjacent to an activating group) is 1. The zero-order valence-corrected chi connectivity index (χ0v) is 13.0. The smallest absolute Gasteiger partial charge is 0.211 e. The molecule has 0 aliphatic carbocycles. The molecule has 0 spiro atoms. The van der Waals surface area contributed by atoms with Gasteiger partial charge in [0.05, 0.1) is 5.75 Å². The van der Waals surface area contributed by atoms with Gasteiger partial charge in [-0.1, -0.05) is 27.7 Å². The van der Waals surface area contributed by atoms with Gasteiger partial charge >= 0.3 is 0 Å². The molecule has 2 N–H and O–H groups in total. The Bertz CT molecular complexity index is 288. The fourth-order valence-electron chi connectivity index (χ4n) is 1.62. The quantitative estimate of drug-likeness (QED) is 0.545. The van der Waals surface area contributed by atoms with Crippen LogP contribution in [0.1, 0.15) is 34.1 Å². The summed E-state index contributed by atoms with van der Waals surface area (Å²) in [6.07, 6.45) is 0.652. The van der Waals surface area contributed by atoms with E-state index in [0.29, 0.717) is 19.0 Å². The van der Waals surface area contributed by atoms with Crippen molar-refractivity contribution in [3.05, 3.63) is 0 Å². The first kappa shape index (κ1) is 17.8. The zero-order valence-electron chi connectivity index (χ0n) is 12.2. The van der Waals surface area contributed by atoms with Crippen LogP contribution in [-0.2, 0) is 10.0 Å². The van der Waals surface area contributed by atoms with Crippen molar-refractivity contribution in [1.29, 1.82) is 0 Å². The van der Waals surface area contributed by atoms with E-state index in [1.807, 2.05) is 0 Å². The average molecular weight is 279 g/mol. The summed E-state index contributed by atoms with van der Waals surface area (Å²) in [5.74, 6) is 0.199. The molecule has 0 aromatic rings. The molecule has 0 rings (SSSR count). The van der Waals surface area contributed by atoms with Gasteiger partial charge in [-0.3, -0.25) is 0 Å². The predicted octanol–water partition coefficient (Wildman–Crippen LogP) is 0.636. The molecule has 0 aliphatic rings. The summed E-state index contributed by atoms with van der Waals surface area (Å²) in [5, 5.41) is 3.21. The van der Waals surface area contributed by atoms with E-state index in [4.69, 9.17) is 0 Å². The number of rotatable bonds is 11. The van der Waals surface area contributed by atoms with Gasteiger partial charge in [0.25, 0.3) is 0 Å². The SMILES string of the molecule is CCN(CC)CCNS(=O)(=O)CCCNC(C)C. The predicted molar refractivity (Wildman–Crippen MR) is 77.3 cm³/mol. The van der Waals surface area contributed by atoms with Crippen molar-refractivity contribution in [3.8, 4) is 0 Å². The van der Waals surface area contributed by atoms with E-state index in [9.17, 15) is 8.42 Å². The van der Waals surface area contributed by atoms with Crippen molar-refractivity contribution >= 4 is 10.0 Å². The van der Waals surface area contributed by atoms with Gasteiger partial charge in [-0.05, 0) is 26.1 Å². The zero-order chi connectivity index (χ0) is 14.0. The molecule has 0 unspecified atom stereocenters. The first-order valence-electron chi connectivity index (χ1n) is 6.84. The Morgan fingerprint density at radius 1 is 1.11 bits per heavy atom. The van der Waals surface area contributed by atoms with Gasteiger partial charge in [0.15, 0.2) is 0 Å². The lowest BCUT2D eigenvalue weighted by Gasteiger charge is -2.18. The molecule has 0 aromatic carbocycles. The van der Waals surface area contributed by atoms with Crippen molar-refractivity contribution in [2.75, 3.05) is 38.5 Å². The molecule has 0 saturated carbocycles. The summed E-state index contributed by atoms with van der Waals surface area (Å²) in [6, 6.07) is 0.406. The summed E-state index contributed by atoms with van der Waals surface area (Å²) in [7, 11) is -3.11. The van der Waals surface area contributed by atoms with Crippen LogP contribution in [0.3, 0.4) is 0 Å². The molecular formula is C12H29N3O2S. The van der Waals surface area contributed by atoms with Gasteiger partial charge in [0.2, 0.25) is 10.0 Å². The molecule has 0 atom stereocenters. The van der Waals surface area contributed by atoms with Crippen molar-refractivity contribution in [1.82, 2.24) is 14.9 Å². The van der Waals surface area contributed by atoms with Gasteiger partial charge in [0, 0.05) is 19.1 Å². The largest absolute Gasteiger partial charge is 0.314 e. The summed E-state index contributed by atoms with van der Waals surface area (Å²) < 4.78 is 26.0. The lowest BCUT2D eigenvalue weighted by atomic mass is 10.4. The first-order chi connectivity index (χ1) is 8.41. The molecule has 18 heavy (non-hydrogen) atoms. The molecule has 0 heterocycles. The average Bonchev–Trinajstić information content (AvgIpc) is 2.30. The molecule has 0 aromatic heterocycles. The third kappa shape index (κ3) is 9.82. The van der Waals surface area contributed by atoms with E-state index < -0.39 is 10.0 Å². The summed E-state index contributed by atoms with van der Waals surface area (Å²) in [6.45, 7) is 12.2. The van der Waals surface area contributed by atoms with E-state index >= 15 is 0 Å². The maximum Gasteiger partial charge on any atom is 0.211 e. The minimum Gasteiger partial charge on any atom is -0.314 e. The molecule has 0 aliphatic heterocycles. The van der Waals surface area contributed by atoms with Gasteiger partial charge in [-0.2, -0.15) is 0 Å². The van der Waals surface area contributed by atoms with Gasteiger partial charge in [-0.25, -0.2) is 13.1 Å². The highest BCUT2D eigenvalue weighted by Gasteiger charge is 2.09. The minimum atomic E-state index is -3.11. The molecule has 110 valence electrons. The molecular weight excluding hydrogens is 250 g/mol. The van der Waals surface area contributed by atoms with Crippen molar-refractivity contribution in [2.45, 2.75) is 40.2 Å². The van der Waals surface area contributed by atoms with Crippen LogP contribution in [0.25, 0.3) is 0 Å². The molecule has 0 saturated heterocycles. The molecule has 6 heteroatoms. The maximum atomic E-state index is 11.7. The minimum absolute atomic E-state index is 0.199. The molecule has 0 fully saturated rings. The number of hydrogen-bond acceptors (Lipinski definition) is 4. The molecule has 0 bridgehead atoms. The number of nitrogens with one attached hydrogen (secondary N) is 2. The fourth-order valence-corrected chi connectivity index (χ4v) is 2.70. The Morgan fingerprint density at radius 2 is 1.72 bits per heavy atom. The molecule has 5 nitrogen and oxygen atoms in total. The third-order valence-corrected chi connectivity index (χ3v) is 4.26. The highest BCUT2D eigenvalue weighted by molar-refractivity contribution is 7.89. The highest BCUT2D eigenvalue weighted by atomic mass is 32.2. The second kappa shape index (κ2) is 9.72. The van der Waals surface area contributed by atoms with E-state index in [1.165, 1.54) is 0 Å². The van der Waals surface area contributed by atoms with Crippen LogP contribution in [0, 0.1) is 0 Å². The van der Waals surface area contributed by atoms with Crippen molar-refractivity contribution in [2.24, 2.45) is 0 Å². The lowest BCUT2D eigenvalue weighted by Crippen LogP contribution is -2.36. The third-order valence-electron chi connectivity index (χ3n) is 2.79. The standard InChI is InChI=1S/C12H29N3O2S/c1-5-15(6-2)10-9-14-18(16,17)11-7-8-13-12(3)4/h12-14H,5-11H2,1-4H3. The fraction of sp³-hybridized carbons (Fsp3) is 1.00. The maximum absolute atomic E-state index is 11.7. The van der Waals surface area contributed by atoms with Crippen LogP contribution in [0.5, 0.6) is 0 Å². The van der Waals surface area contributed by atoms with E-state index in [0.717, 1.165) is 26.2 Å². The topological polar surface area (TPSA) is 61.4 Å². The molecule has 0 amide bonds. The van der Waals surface area contributed by atoms with Crippen LogP contribution >= 0.6 is 0 Å². The Hall–Kier alpha value is -0.170. The number of nitrogens with zero attached hydrogens (tertiary/aromatic N) is 1. The van der Waals surface area contributed by atoms with Crippen molar-refractivity contribution in [3.63, 3.8) is 0 Å². The van der Waals surface area contributed by atoms with E-state index in [2.05, 4.69) is 42.6 Å². The van der Waals surface area contributed by atoms with Crippen LogP contribution in [0.15, 0.2) is 0 Å². The van der Waals surface area contributed by atoms with Crippen LogP contribution in [-0.4, -0.2) is 57.8 Å². The Labute approximate surface area is 112 Å². The van der Waals surface area contributed by atoms with Gasteiger partial charge in [0.1, 0.15) is 0 Å². The van der Waals surface area contributed by atoms with Gasteiger partial charge in [-0.15, -0.1) is 0 Å². The Morgan fingerprint density at radius 3 is 2.22 bits per heavy atom. The Kier molecular flexibility index (Phi) is 9.63. The first-order valence-corrected chi connectivity index (χ1v) is 8.49.